The Bertz CT molecular complexity index is 918. The lowest BCUT2D eigenvalue weighted by atomic mass is 10.2. The van der Waals surface area contributed by atoms with Crippen LogP contribution in [-0.2, 0) is 14.8 Å². The van der Waals surface area contributed by atoms with Crippen molar-refractivity contribution in [2.75, 3.05) is 12.4 Å². The maximum atomic E-state index is 13.6. The Morgan fingerprint density at radius 1 is 1.19 bits per heavy atom. The van der Waals surface area contributed by atoms with Gasteiger partial charge in [-0.1, -0.05) is 17.7 Å². The molecule has 10 heteroatoms. The highest BCUT2D eigenvalue weighted by Crippen LogP contribution is 2.27. The van der Waals surface area contributed by atoms with Gasteiger partial charge >= 0.3 is 0 Å². The van der Waals surface area contributed by atoms with E-state index in [-0.39, 0.29) is 15.7 Å². The van der Waals surface area contributed by atoms with Gasteiger partial charge in [-0.25, -0.2) is 17.2 Å². The first-order valence-electron chi connectivity index (χ1n) is 7.26. The molecule has 0 radical (unpaired) electrons. The Hall–Kier alpha value is -2.23. The molecule has 0 aliphatic carbocycles. The number of carbonyl (C=O) groups excluding carboxylic acids is 1. The van der Waals surface area contributed by atoms with E-state index in [9.17, 15) is 22.0 Å². The fourth-order valence-corrected chi connectivity index (χ4v) is 3.57. The minimum Gasteiger partial charge on any atom is -0.495 e. The molecule has 2 rings (SSSR count). The number of para-hydroxylation sites is 1. The predicted molar refractivity (Wildman–Crippen MR) is 92.8 cm³/mol. The van der Waals surface area contributed by atoms with Crippen LogP contribution < -0.4 is 14.8 Å². The van der Waals surface area contributed by atoms with Gasteiger partial charge in [-0.15, -0.1) is 0 Å². The van der Waals surface area contributed by atoms with Crippen LogP contribution in [0.2, 0.25) is 5.02 Å². The Labute approximate surface area is 154 Å². The van der Waals surface area contributed by atoms with Crippen LogP contribution in [0.4, 0.5) is 14.5 Å². The Kier molecular flexibility index (Phi) is 6.17. The van der Waals surface area contributed by atoms with E-state index in [4.69, 9.17) is 16.3 Å². The fraction of sp³-hybridized carbons (Fsp3) is 0.188. The van der Waals surface area contributed by atoms with Crippen LogP contribution in [0.3, 0.4) is 0 Å². The zero-order valence-electron chi connectivity index (χ0n) is 13.7. The number of ether oxygens (including phenoxy) is 1. The van der Waals surface area contributed by atoms with Crippen LogP contribution in [0.25, 0.3) is 0 Å². The molecule has 0 aromatic heterocycles. The van der Waals surface area contributed by atoms with E-state index in [0.29, 0.717) is 0 Å². The average Bonchev–Trinajstić information content (AvgIpc) is 2.57. The first-order chi connectivity index (χ1) is 12.2. The summed E-state index contributed by atoms with van der Waals surface area (Å²) in [5.74, 6) is -2.60. The average molecular weight is 405 g/mol. The van der Waals surface area contributed by atoms with E-state index in [1.807, 2.05) is 5.32 Å². The van der Waals surface area contributed by atoms with E-state index >= 15 is 0 Å². The predicted octanol–water partition coefficient (Wildman–Crippen LogP) is 2.93. The van der Waals surface area contributed by atoms with Crippen molar-refractivity contribution in [3.8, 4) is 5.75 Å². The number of nitrogens with one attached hydrogen (secondary N) is 2. The smallest absolute Gasteiger partial charge is 0.242 e. The molecule has 0 unspecified atom stereocenters. The lowest BCUT2D eigenvalue weighted by molar-refractivity contribution is -0.117. The summed E-state index contributed by atoms with van der Waals surface area (Å²) < 4.78 is 58.9. The van der Waals surface area contributed by atoms with E-state index < -0.39 is 39.3 Å². The van der Waals surface area contributed by atoms with Crippen LogP contribution in [0.5, 0.6) is 5.75 Å². The number of amides is 1. The van der Waals surface area contributed by atoms with Crippen molar-refractivity contribution in [3.63, 3.8) is 0 Å². The summed E-state index contributed by atoms with van der Waals surface area (Å²) in [5.41, 5.74) is -0.656. The minimum absolute atomic E-state index is 0.0703. The van der Waals surface area contributed by atoms with Gasteiger partial charge in [0.05, 0.1) is 23.1 Å². The standard InChI is InChI=1S/C16H15ClF2N2O4S/c1-9(16(22)20-15-12(18)4-3-5-13(15)19)21-26(23,24)10-6-7-14(25-2)11(17)8-10/h3-9,21H,1-2H3,(H,20,22)/t9-/m1/s1. The quantitative estimate of drug-likeness (QED) is 0.775. The van der Waals surface area contributed by atoms with Crippen molar-refractivity contribution >= 4 is 33.2 Å². The third-order valence-electron chi connectivity index (χ3n) is 3.37. The largest absolute Gasteiger partial charge is 0.495 e. The second kappa shape index (κ2) is 7.98. The number of sulfonamides is 1. The summed E-state index contributed by atoms with van der Waals surface area (Å²) in [6, 6.07) is 5.52. The van der Waals surface area contributed by atoms with Gasteiger partial charge < -0.3 is 10.1 Å². The summed E-state index contributed by atoms with van der Waals surface area (Å²) >= 11 is 5.90. The second-order valence-electron chi connectivity index (χ2n) is 5.23. The normalized spacial score (nSPS) is 12.5. The molecule has 1 amide bonds. The van der Waals surface area contributed by atoms with Crippen LogP contribution in [0, 0.1) is 11.6 Å². The number of hydrogen-bond acceptors (Lipinski definition) is 4. The van der Waals surface area contributed by atoms with E-state index in [0.717, 1.165) is 24.3 Å². The lowest BCUT2D eigenvalue weighted by Crippen LogP contribution is -2.41. The molecule has 0 saturated carbocycles. The van der Waals surface area contributed by atoms with Crippen molar-refractivity contribution < 1.29 is 26.7 Å². The second-order valence-corrected chi connectivity index (χ2v) is 7.35. The summed E-state index contributed by atoms with van der Waals surface area (Å²) in [4.78, 5) is 11.9. The number of rotatable bonds is 6. The van der Waals surface area contributed by atoms with Crippen LogP contribution in [0.15, 0.2) is 41.3 Å². The van der Waals surface area contributed by atoms with Crippen LogP contribution >= 0.6 is 11.6 Å². The molecule has 0 spiro atoms. The third-order valence-corrected chi connectivity index (χ3v) is 5.20. The summed E-state index contributed by atoms with van der Waals surface area (Å²) in [7, 11) is -2.73. The first kappa shape index (κ1) is 20.1. The SMILES string of the molecule is COc1ccc(S(=O)(=O)N[C@H](C)C(=O)Nc2c(F)cccc2F)cc1Cl. The molecule has 0 fully saturated rings. The van der Waals surface area contributed by atoms with Crippen LogP contribution in [-0.4, -0.2) is 27.5 Å². The molecule has 0 heterocycles. The molecule has 0 bridgehead atoms. The molecule has 1 atom stereocenters. The molecule has 2 aromatic rings. The highest BCUT2D eigenvalue weighted by molar-refractivity contribution is 7.89. The highest BCUT2D eigenvalue weighted by atomic mass is 35.5. The number of halogens is 3. The summed E-state index contributed by atoms with van der Waals surface area (Å²) in [6.45, 7) is 1.23. The number of anilines is 1. The molecule has 140 valence electrons. The van der Waals surface area contributed by atoms with Crippen molar-refractivity contribution in [2.45, 2.75) is 17.9 Å². The van der Waals surface area contributed by atoms with E-state index in [2.05, 4.69) is 4.72 Å². The molecule has 0 aliphatic rings. The maximum Gasteiger partial charge on any atom is 0.242 e. The highest BCUT2D eigenvalue weighted by Gasteiger charge is 2.24. The number of carbonyl (C=O) groups is 1. The number of hydrogen-bond donors (Lipinski definition) is 2. The zero-order valence-corrected chi connectivity index (χ0v) is 15.3. The Morgan fingerprint density at radius 2 is 1.81 bits per heavy atom. The van der Waals surface area contributed by atoms with Gasteiger partial charge in [-0.05, 0) is 37.3 Å². The summed E-state index contributed by atoms with van der Waals surface area (Å²) in [6.07, 6.45) is 0. The topological polar surface area (TPSA) is 84.5 Å². The minimum atomic E-state index is -4.10. The molecular weight excluding hydrogens is 390 g/mol. The van der Waals surface area contributed by atoms with Crippen molar-refractivity contribution in [2.24, 2.45) is 0 Å². The first-order valence-corrected chi connectivity index (χ1v) is 9.12. The fourth-order valence-electron chi connectivity index (χ4n) is 2.02. The van der Waals surface area contributed by atoms with Crippen LogP contribution in [0.1, 0.15) is 6.92 Å². The molecular formula is C16H15ClF2N2O4S. The third kappa shape index (κ3) is 4.48. The maximum absolute atomic E-state index is 13.6. The number of methoxy groups -OCH3 is 1. The van der Waals surface area contributed by atoms with Crippen molar-refractivity contribution in [1.82, 2.24) is 4.72 Å². The molecule has 0 aliphatic heterocycles. The van der Waals surface area contributed by atoms with Gasteiger partial charge in [0.15, 0.2) is 0 Å². The lowest BCUT2D eigenvalue weighted by Gasteiger charge is -2.15. The molecule has 2 N–H and O–H groups in total. The molecule has 26 heavy (non-hydrogen) atoms. The van der Waals surface area contributed by atoms with Gasteiger partial charge in [0.1, 0.15) is 23.1 Å². The van der Waals surface area contributed by atoms with E-state index in [1.165, 1.54) is 26.2 Å². The van der Waals surface area contributed by atoms with Gasteiger partial charge in [0.25, 0.3) is 0 Å². The number of benzene rings is 2. The van der Waals surface area contributed by atoms with E-state index in [1.54, 1.807) is 0 Å². The molecule has 2 aromatic carbocycles. The van der Waals surface area contributed by atoms with Gasteiger partial charge in [-0.2, -0.15) is 4.72 Å². The van der Waals surface area contributed by atoms with Gasteiger partial charge in [-0.3, -0.25) is 4.79 Å². The van der Waals surface area contributed by atoms with Crippen molar-refractivity contribution in [1.29, 1.82) is 0 Å². The zero-order chi connectivity index (χ0) is 19.5. The van der Waals surface area contributed by atoms with Gasteiger partial charge in [0, 0.05) is 0 Å². The summed E-state index contributed by atoms with van der Waals surface area (Å²) in [5, 5.41) is 2.09. The Balaban J connectivity index is 2.16. The van der Waals surface area contributed by atoms with Crippen molar-refractivity contribution in [3.05, 3.63) is 53.1 Å². The molecule has 0 saturated heterocycles. The molecule has 6 nitrogen and oxygen atoms in total. The van der Waals surface area contributed by atoms with Gasteiger partial charge in [0.2, 0.25) is 15.9 Å². The monoisotopic (exact) mass is 404 g/mol. The Morgan fingerprint density at radius 3 is 2.35 bits per heavy atom.